The molecular formula is C13H16N2O3S. The molecule has 1 saturated heterocycles. The standard InChI is InChI=1S/C13H16N2O3S/c1-18-10-12-5-6-15(9-12)19(16,17)13-4-2-3-11(7-13)8-14/h2-4,7,12H,5-6,9-10H2,1H3. The van der Waals surface area contributed by atoms with Crippen LogP contribution in [0.2, 0.25) is 0 Å². The number of sulfonamides is 1. The summed E-state index contributed by atoms with van der Waals surface area (Å²) in [5.41, 5.74) is 0.355. The van der Waals surface area contributed by atoms with Crippen molar-refractivity contribution in [2.24, 2.45) is 5.92 Å². The van der Waals surface area contributed by atoms with E-state index in [-0.39, 0.29) is 10.8 Å². The summed E-state index contributed by atoms with van der Waals surface area (Å²) in [6.07, 6.45) is 0.811. The molecule has 0 aliphatic carbocycles. The van der Waals surface area contributed by atoms with Crippen molar-refractivity contribution in [3.8, 4) is 6.07 Å². The van der Waals surface area contributed by atoms with Crippen LogP contribution in [0.5, 0.6) is 0 Å². The molecule has 0 amide bonds. The van der Waals surface area contributed by atoms with Gasteiger partial charge < -0.3 is 4.74 Å². The third-order valence-electron chi connectivity index (χ3n) is 3.25. The lowest BCUT2D eigenvalue weighted by Gasteiger charge is -2.16. The van der Waals surface area contributed by atoms with Crippen LogP contribution in [0.1, 0.15) is 12.0 Å². The molecule has 2 rings (SSSR count). The molecule has 1 fully saturated rings. The van der Waals surface area contributed by atoms with Crippen molar-refractivity contribution >= 4 is 10.0 Å². The Bertz CT molecular complexity index is 592. The van der Waals surface area contributed by atoms with E-state index in [1.165, 1.54) is 16.4 Å². The molecule has 0 aromatic heterocycles. The number of rotatable bonds is 4. The first-order valence-electron chi connectivity index (χ1n) is 6.07. The largest absolute Gasteiger partial charge is 0.384 e. The molecule has 1 aromatic rings. The average molecular weight is 280 g/mol. The van der Waals surface area contributed by atoms with Gasteiger partial charge in [0.25, 0.3) is 0 Å². The van der Waals surface area contributed by atoms with Crippen LogP contribution in [-0.4, -0.2) is 39.5 Å². The Labute approximate surface area is 113 Å². The van der Waals surface area contributed by atoms with E-state index >= 15 is 0 Å². The van der Waals surface area contributed by atoms with Gasteiger partial charge in [-0.2, -0.15) is 9.57 Å². The van der Waals surface area contributed by atoms with Crippen LogP contribution in [-0.2, 0) is 14.8 Å². The first-order valence-corrected chi connectivity index (χ1v) is 7.51. The molecule has 1 aromatic carbocycles. The third kappa shape index (κ3) is 2.95. The zero-order chi connectivity index (χ0) is 13.9. The molecule has 1 aliphatic heterocycles. The highest BCUT2D eigenvalue weighted by Gasteiger charge is 2.32. The first kappa shape index (κ1) is 14.0. The number of methoxy groups -OCH3 is 1. The predicted molar refractivity (Wildman–Crippen MR) is 69.9 cm³/mol. The summed E-state index contributed by atoms with van der Waals surface area (Å²) >= 11 is 0. The first-order chi connectivity index (χ1) is 9.07. The molecule has 5 nitrogen and oxygen atoms in total. The van der Waals surface area contributed by atoms with Gasteiger partial charge in [0.05, 0.1) is 23.1 Å². The molecule has 0 radical (unpaired) electrons. The van der Waals surface area contributed by atoms with E-state index in [0.29, 0.717) is 25.3 Å². The molecule has 0 bridgehead atoms. The van der Waals surface area contributed by atoms with Crippen LogP contribution in [0.4, 0.5) is 0 Å². The second-order valence-electron chi connectivity index (χ2n) is 4.61. The fourth-order valence-electron chi connectivity index (χ4n) is 2.26. The predicted octanol–water partition coefficient (Wildman–Crippen LogP) is 1.22. The van der Waals surface area contributed by atoms with E-state index in [4.69, 9.17) is 10.00 Å². The van der Waals surface area contributed by atoms with Gasteiger partial charge >= 0.3 is 0 Å². The fourth-order valence-corrected chi connectivity index (χ4v) is 3.84. The van der Waals surface area contributed by atoms with Crippen molar-refractivity contribution in [1.29, 1.82) is 5.26 Å². The van der Waals surface area contributed by atoms with Crippen molar-refractivity contribution in [3.63, 3.8) is 0 Å². The van der Waals surface area contributed by atoms with Gasteiger partial charge in [0, 0.05) is 20.2 Å². The van der Waals surface area contributed by atoms with Gasteiger partial charge in [-0.05, 0) is 30.5 Å². The van der Waals surface area contributed by atoms with Gasteiger partial charge in [-0.1, -0.05) is 6.07 Å². The van der Waals surface area contributed by atoms with Crippen LogP contribution in [0.3, 0.4) is 0 Å². The van der Waals surface area contributed by atoms with Crippen LogP contribution in [0.15, 0.2) is 29.2 Å². The maximum absolute atomic E-state index is 12.4. The maximum Gasteiger partial charge on any atom is 0.243 e. The van der Waals surface area contributed by atoms with E-state index in [0.717, 1.165) is 6.42 Å². The van der Waals surface area contributed by atoms with Gasteiger partial charge in [0.15, 0.2) is 0 Å². The van der Waals surface area contributed by atoms with Crippen LogP contribution >= 0.6 is 0 Å². The van der Waals surface area contributed by atoms with Gasteiger partial charge in [0.2, 0.25) is 10.0 Å². The Morgan fingerprint density at radius 3 is 3.00 bits per heavy atom. The summed E-state index contributed by atoms with van der Waals surface area (Å²) in [7, 11) is -1.88. The monoisotopic (exact) mass is 280 g/mol. The van der Waals surface area contributed by atoms with Crippen LogP contribution in [0, 0.1) is 17.2 Å². The number of nitrogens with zero attached hydrogens (tertiary/aromatic N) is 2. The lowest BCUT2D eigenvalue weighted by atomic mass is 10.1. The molecule has 0 spiro atoms. The van der Waals surface area contributed by atoms with Crippen LogP contribution in [0.25, 0.3) is 0 Å². The SMILES string of the molecule is COCC1CCN(S(=O)(=O)c2cccc(C#N)c2)C1. The molecular weight excluding hydrogens is 264 g/mol. The minimum atomic E-state index is -3.50. The highest BCUT2D eigenvalue weighted by molar-refractivity contribution is 7.89. The molecule has 102 valence electrons. The smallest absolute Gasteiger partial charge is 0.243 e. The summed E-state index contributed by atoms with van der Waals surface area (Å²) in [5, 5.41) is 8.83. The Morgan fingerprint density at radius 2 is 2.32 bits per heavy atom. The van der Waals surface area contributed by atoms with Crippen molar-refractivity contribution < 1.29 is 13.2 Å². The summed E-state index contributed by atoms with van der Waals surface area (Å²) in [6.45, 7) is 1.56. The fraction of sp³-hybridized carbons (Fsp3) is 0.462. The normalized spacial score (nSPS) is 20.3. The Balaban J connectivity index is 2.21. The Morgan fingerprint density at radius 1 is 1.53 bits per heavy atom. The molecule has 0 N–H and O–H groups in total. The maximum atomic E-state index is 12.4. The highest BCUT2D eigenvalue weighted by atomic mass is 32.2. The second kappa shape index (κ2) is 5.70. The third-order valence-corrected chi connectivity index (χ3v) is 5.11. The highest BCUT2D eigenvalue weighted by Crippen LogP contribution is 2.24. The van der Waals surface area contributed by atoms with Crippen molar-refractivity contribution in [2.45, 2.75) is 11.3 Å². The number of ether oxygens (including phenoxy) is 1. The molecule has 1 heterocycles. The van der Waals surface area contributed by atoms with Crippen molar-refractivity contribution in [2.75, 3.05) is 26.8 Å². The quantitative estimate of drug-likeness (QED) is 0.831. The number of nitriles is 1. The van der Waals surface area contributed by atoms with Gasteiger partial charge in [-0.15, -0.1) is 0 Å². The lowest BCUT2D eigenvalue weighted by Crippen LogP contribution is -2.29. The summed E-state index contributed by atoms with van der Waals surface area (Å²) in [5.74, 6) is 0.249. The zero-order valence-corrected chi connectivity index (χ0v) is 11.6. The molecule has 1 atom stereocenters. The zero-order valence-electron chi connectivity index (χ0n) is 10.7. The molecule has 1 aliphatic rings. The molecule has 19 heavy (non-hydrogen) atoms. The van der Waals surface area contributed by atoms with Crippen LogP contribution < -0.4 is 0 Å². The minimum absolute atomic E-state index is 0.185. The van der Waals surface area contributed by atoms with Gasteiger partial charge in [-0.3, -0.25) is 0 Å². The second-order valence-corrected chi connectivity index (χ2v) is 6.55. The number of hydrogen-bond donors (Lipinski definition) is 0. The minimum Gasteiger partial charge on any atom is -0.384 e. The number of benzene rings is 1. The Hall–Kier alpha value is -1.42. The Kier molecular flexibility index (Phi) is 4.20. The molecule has 6 heteroatoms. The summed E-state index contributed by atoms with van der Waals surface area (Å²) in [4.78, 5) is 0.185. The van der Waals surface area contributed by atoms with E-state index in [1.54, 1.807) is 19.2 Å². The molecule has 1 unspecified atom stereocenters. The van der Waals surface area contributed by atoms with Gasteiger partial charge in [-0.25, -0.2) is 8.42 Å². The van der Waals surface area contributed by atoms with E-state index < -0.39 is 10.0 Å². The average Bonchev–Trinajstić information content (AvgIpc) is 2.88. The number of hydrogen-bond acceptors (Lipinski definition) is 4. The summed E-state index contributed by atoms with van der Waals surface area (Å²) in [6, 6.07) is 8.08. The summed E-state index contributed by atoms with van der Waals surface area (Å²) < 4.78 is 31.4. The molecule has 0 saturated carbocycles. The van der Waals surface area contributed by atoms with E-state index in [1.807, 2.05) is 6.07 Å². The topological polar surface area (TPSA) is 70.4 Å². The van der Waals surface area contributed by atoms with Crippen molar-refractivity contribution in [1.82, 2.24) is 4.31 Å². The van der Waals surface area contributed by atoms with E-state index in [2.05, 4.69) is 0 Å². The van der Waals surface area contributed by atoms with Crippen molar-refractivity contribution in [3.05, 3.63) is 29.8 Å². The van der Waals surface area contributed by atoms with Gasteiger partial charge in [0.1, 0.15) is 0 Å². The van der Waals surface area contributed by atoms with E-state index in [9.17, 15) is 8.42 Å². The lowest BCUT2D eigenvalue weighted by molar-refractivity contribution is 0.157.